The molecule has 0 aliphatic rings. The van der Waals surface area contributed by atoms with E-state index in [-0.39, 0.29) is 0 Å². The molecule has 0 radical (unpaired) electrons. The number of hydrogen-bond acceptors (Lipinski definition) is 3. The highest BCUT2D eigenvalue weighted by molar-refractivity contribution is 7.11. The van der Waals surface area contributed by atoms with E-state index >= 15 is 0 Å². The second-order valence-corrected chi connectivity index (χ2v) is 6.03. The standard InChI is InChI=1S/C14H26N2S/c1-5-7-8-13(15-9-6-2)10-14-16-11(3)12(4)17-14/h13,15H,5-10H2,1-4H3. The minimum absolute atomic E-state index is 0.611. The molecule has 0 aliphatic carbocycles. The molecule has 0 saturated heterocycles. The van der Waals surface area contributed by atoms with E-state index in [9.17, 15) is 0 Å². The predicted octanol–water partition coefficient (Wildman–Crippen LogP) is 3.86. The number of nitrogens with one attached hydrogen (secondary N) is 1. The fraction of sp³-hybridized carbons (Fsp3) is 0.786. The Morgan fingerprint density at radius 2 is 2.00 bits per heavy atom. The van der Waals surface area contributed by atoms with Gasteiger partial charge in [-0.15, -0.1) is 11.3 Å². The van der Waals surface area contributed by atoms with Gasteiger partial charge in [-0.25, -0.2) is 4.98 Å². The molecule has 3 heteroatoms. The summed E-state index contributed by atoms with van der Waals surface area (Å²) >= 11 is 1.86. The van der Waals surface area contributed by atoms with Crippen LogP contribution in [0.5, 0.6) is 0 Å². The Labute approximate surface area is 110 Å². The molecule has 1 rings (SSSR count). The zero-order chi connectivity index (χ0) is 12.7. The molecule has 0 saturated carbocycles. The van der Waals surface area contributed by atoms with Crippen LogP contribution in [0.3, 0.4) is 0 Å². The van der Waals surface area contributed by atoms with Crippen molar-refractivity contribution in [1.29, 1.82) is 0 Å². The molecule has 0 amide bonds. The van der Waals surface area contributed by atoms with E-state index in [1.165, 1.54) is 41.3 Å². The molecule has 0 spiro atoms. The molecule has 1 aromatic rings. The second-order valence-electron chi connectivity index (χ2n) is 4.75. The van der Waals surface area contributed by atoms with Gasteiger partial charge in [-0.2, -0.15) is 0 Å². The molecule has 98 valence electrons. The quantitative estimate of drug-likeness (QED) is 0.762. The summed E-state index contributed by atoms with van der Waals surface area (Å²) in [4.78, 5) is 6.01. The van der Waals surface area contributed by atoms with Crippen LogP contribution in [0.1, 0.15) is 55.1 Å². The molecule has 17 heavy (non-hydrogen) atoms. The summed E-state index contributed by atoms with van der Waals surface area (Å²) in [5.74, 6) is 0. The van der Waals surface area contributed by atoms with Crippen LogP contribution in [0, 0.1) is 13.8 Å². The Morgan fingerprint density at radius 3 is 2.53 bits per heavy atom. The fourth-order valence-electron chi connectivity index (χ4n) is 1.91. The van der Waals surface area contributed by atoms with Gasteiger partial charge in [0.25, 0.3) is 0 Å². The molecule has 1 aromatic heterocycles. The van der Waals surface area contributed by atoms with Crippen LogP contribution in [0.2, 0.25) is 0 Å². The summed E-state index contributed by atoms with van der Waals surface area (Å²) < 4.78 is 0. The fourth-order valence-corrected chi connectivity index (χ4v) is 2.93. The first-order valence-corrected chi connectivity index (χ1v) is 7.65. The maximum absolute atomic E-state index is 4.64. The van der Waals surface area contributed by atoms with Crippen molar-refractivity contribution < 1.29 is 0 Å². The number of aromatic nitrogens is 1. The smallest absolute Gasteiger partial charge is 0.0946 e. The molecule has 0 bridgehead atoms. The van der Waals surface area contributed by atoms with Crippen LogP contribution >= 0.6 is 11.3 Å². The lowest BCUT2D eigenvalue weighted by Gasteiger charge is -2.16. The number of thiazole rings is 1. The minimum Gasteiger partial charge on any atom is -0.314 e. The Morgan fingerprint density at radius 1 is 1.24 bits per heavy atom. The van der Waals surface area contributed by atoms with Crippen LogP contribution in [-0.4, -0.2) is 17.6 Å². The lowest BCUT2D eigenvalue weighted by Crippen LogP contribution is -2.31. The van der Waals surface area contributed by atoms with Crippen LogP contribution in [0.25, 0.3) is 0 Å². The van der Waals surface area contributed by atoms with Gasteiger partial charge < -0.3 is 5.32 Å². The largest absolute Gasteiger partial charge is 0.314 e. The van der Waals surface area contributed by atoms with Gasteiger partial charge in [-0.1, -0.05) is 26.7 Å². The molecular formula is C14H26N2S. The van der Waals surface area contributed by atoms with Crippen molar-refractivity contribution in [3.63, 3.8) is 0 Å². The topological polar surface area (TPSA) is 24.9 Å². The lowest BCUT2D eigenvalue weighted by atomic mass is 10.1. The lowest BCUT2D eigenvalue weighted by molar-refractivity contribution is 0.461. The Hall–Kier alpha value is -0.410. The van der Waals surface area contributed by atoms with Crippen molar-refractivity contribution >= 4 is 11.3 Å². The first-order valence-electron chi connectivity index (χ1n) is 6.83. The maximum Gasteiger partial charge on any atom is 0.0946 e. The Bertz CT molecular complexity index is 293. The van der Waals surface area contributed by atoms with E-state index in [1.54, 1.807) is 0 Å². The third-order valence-electron chi connectivity index (χ3n) is 3.08. The molecule has 0 aromatic carbocycles. The maximum atomic E-state index is 4.64. The first-order chi connectivity index (χ1) is 8.17. The van der Waals surface area contributed by atoms with Gasteiger partial charge in [0.05, 0.1) is 10.7 Å². The minimum atomic E-state index is 0.611. The second kappa shape index (κ2) is 7.83. The van der Waals surface area contributed by atoms with Crippen molar-refractivity contribution in [1.82, 2.24) is 10.3 Å². The highest BCUT2D eigenvalue weighted by atomic mass is 32.1. The van der Waals surface area contributed by atoms with Crippen molar-refractivity contribution in [3.8, 4) is 0 Å². The van der Waals surface area contributed by atoms with E-state index in [1.807, 2.05) is 11.3 Å². The van der Waals surface area contributed by atoms with Crippen molar-refractivity contribution in [3.05, 3.63) is 15.6 Å². The van der Waals surface area contributed by atoms with E-state index in [4.69, 9.17) is 0 Å². The molecule has 0 fully saturated rings. The van der Waals surface area contributed by atoms with Gasteiger partial charge >= 0.3 is 0 Å². The first kappa shape index (κ1) is 14.7. The highest BCUT2D eigenvalue weighted by Crippen LogP contribution is 2.19. The van der Waals surface area contributed by atoms with Gasteiger partial charge in [0.15, 0.2) is 0 Å². The Balaban J connectivity index is 2.51. The number of aryl methyl sites for hydroxylation is 2. The van der Waals surface area contributed by atoms with Gasteiger partial charge in [-0.05, 0) is 33.2 Å². The van der Waals surface area contributed by atoms with Crippen molar-refractivity contribution in [2.75, 3.05) is 6.54 Å². The summed E-state index contributed by atoms with van der Waals surface area (Å²) in [6.45, 7) is 9.88. The third-order valence-corrected chi connectivity index (χ3v) is 4.18. The molecule has 1 atom stereocenters. The zero-order valence-electron chi connectivity index (χ0n) is 11.7. The molecule has 1 heterocycles. The van der Waals surface area contributed by atoms with Crippen LogP contribution in [0.4, 0.5) is 0 Å². The molecule has 1 N–H and O–H groups in total. The number of rotatable bonds is 8. The normalized spacial score (nSPS) is 12.9. The summed E-state index contributed by atoms with van der Waals surface area (Å²) in [5, 5.41) is 4.94. The van der Waals surface area contributed by atoms with E-state index in [2.05, 4.69) is 38.0 Å². The Kier molecular flexibility index (Phi) is 6.75. The van der Waals surface area contributed by atoms with Gasteiger partial charge in [0, 0.05) is 17.3 Å². The summed E-state index contributed by atoms with van der Waals surface area (Å²) in [5.41, 5.74) is 1.20. The van der Waals surface area contributed by atoms with Gasteiger partial charge in [0.1, 0.15) is 0 Å². The monoisotopic (exact) mass is 254 g/mol. The van der Waals surface area contributed by atoms with E-state index in [0.717, 1.165) is 13.0 Å². The predicted molar refractivity (Wildman–Crippen MR) is 76.9 cm³/mol. The summed E-state index contributed by atoms with van der Waals surface area (Å²) in [6.07, 6.45) is 6.16. The van der Waals surface area contributed by atoms with E-state index in [0.29, 0.717) is 6.04 Å². The zero-order valence-corrected chi connectivity index (χ0v) is 12.5. The third kappa shape index (κ3) is 5.17. The molecular weight excluding hydrogens is 228 g/mol. The van der Waals surface area contributed by atoms with Crippen molar-refractivity contribution in [2.45, 2.75) is 65.8 Å². The average molecular weight is 254 g/mol. The molecule has 2 nitrogen and oxygen atoms in total. The number of hydrogen-bond donors (Lipinski definition) is 1. The average Bonchev–Trinajstić information content (AvgIpc) is 2.62. The number of unbranched alkanes of at least 4 members (excludes halogenated alkanes) is 1. The van der Waals surface area contributed by atoms with Gasteiger partial charge in [0.2, 0.25) is 0 Å². The van der Waals surface area contributed by atoms with Crippen LogP contribution in [-0.2, 0) is 6.42 Å². The summed E-state index contributed by atoms with van der Waals surface area (Å²) in [7, 11) is 0. The molecule has 1 unspecified atom stereocenters. The van der Waals surface area contributed by atoms with Crippen LogP contribution < -0.4 is 5.32 Å². The highest BCUT2D eigenvalue weighted by Gasteiger charge is 2.11. The van der Waals surface area contributed by atoms with E-state index < -0.39 is 0 Å². The number of nitrogens with zero attached hydrogens (tertiary/aromatic N) is 1. The molecule has 0 aliphatic heterocycles. The van der Waals surface area contributed by atoms with Crippen LogP contribution in [0.15, 0.2) is 0 Å². The summed E-state index contributed by atoms with van der Waals surface area (Å²) in [6, 6.07) is 0.611. The van der Waals surface area contributed by atoms with Crippen molar-refractivity contribution in [2.24, 2.45) is 0 Å². The SMILES string of the molecule is CCCCC(Cc1nc(C)c(C)s1)NCCC. The van der Waals surface area contributed by atoms with Gasteiger partial charge in [-0.3, -0.25) is 0 Å².